The summed E-state index contributed by atoms with van der Waals surface area (Å²) in [6.45, 7) is 9.58. The average Bonchev–Trinajstić information content (AvgIpc) is 2.46. The maximum atomic E-state index is 12.8. The minimum atomic E-state index is -0.478. The van der Waals surface area contributed by atoms with Gasteiger partial charge in [0.25, 0.3) is 0 Å². The maximum absolute atomic E-state index is 12.8. The van der Waals surface area contributed by atoms with Gasteiger partial charge in [0, 0.05) is 6.04 Å². The Morgan fingerprint density at radius 2 is 2.00 bits per heavy atom. The van der Waals surface area contributed by atoms with E-state index in [1.54, 1.807) is 0 Å². The highest BCUT2D eigenvalue weighted by Gasteiger charge is 2.36. The molecule has 0 spiro atoms. The molecule has 22 heavy (non-hydrogen) atoms. The lowest BCUT2D eigenvalue weighted by Gasteiger charge is -2.42. The van der Waals surface area contributed by atoms with Crippen LogP contribution in [0.3, 0.4) is 0 Å². The van der Waals surface area contributed by atoms with Crippen LogP contribution < -0.4 is 0 Å². The van der Waals surface area contributed by atoms with Crippen LogP contribution in [-0.2, 0) is 4.74 Å². The van der Waals surface area contributed by atoms with Crippen molar-refractivity contribution in [3.8, 4) is 0 Å². The van der Waals surface area contributed by atoms with Crippen molar-refractivity contribution < 1.29 is 9.53 Å². The Labute approximate surface area is 134 Å². The quantitative estimate of drug-likeness (QED) is 0.727. The van der Waals surface area contributed by atoms with E-state index in [1.165, 1.54) is 5.56 Å². The van der Waals surface area contributed by atoms with Crippen molar-refractivity contribution in [1.29, 1.82) is 0 Å². The highest BCUT2D eigenvalue weighted by atomic mass is 16.6. The molecule has 0 bridgehead atoms. The van der Waals surface area contributed by atoms with Crippen molar-refractivity contribution in [2.45, 2.75) is 64.1 Å². The third kappa shape index (κ3) is 4.12. The fourth-order valence-corrected chi connectivity index (χ4v) is 3.10. The number of hydrogen-bond donors (Lipinski definition) is 0. The molecule has 1 heterocycles. The fourth-order valence-electron chi connectivity index (χ4n) is 3.10. The predicted molar refractivity (Wildman–Crippen MR) is 89.7 cm³/mol. The second-order valence-corrected chi connectivity index (χ2v) is 6.92. The Morgan fingerprint density at radius 1 is 1.32 bits per heavy atom. The van der Waals surface area contributed by atoms with Crippen molar-refractivity contribution in [1.82, 2.24) is 4.90 Å². The van der Waals surface area contributed by atoms with Gasteiger partial charge in [-0.15, -0.1) is 6.58 Å². The summed E-state index contributed by atoms with van der Waals surface area (Å²) in [7, 11) is 0. The molecule has 2 rings (SSSR count). The predicted octanol–water partition coefficient (Wildman–Crippen LogP) is 5.09. The average molecular weight is 301 g/mol. The van der Waals surface area contributed by atoms with Gasteiger partial charge in [-0.25, -0.2) is 4.79 Å². The molecule has 0 aliphatic carbocycles. The fraction of sp³-hybridized carbons (Fsp3) is 0.526. The van der Waals surface area contributed by atoms with E-state index in [2.05, 4.69) is 18.7 Å². The third-order valence-corrected chi connectivity index (χ3v) is 3.97. The van der Waals surface area contributed by atoms with Gasteiger partial charge in [0.05, 0.1) is 6.04 Å². The van der Waals surface area contributed by atoms with Crippen molar-refractivity contribution in [3.05, 3.63) is 48.6 Å². The smallest absolute Gasteiger partial charge is 0.411 e. The van der Waals surface area contributed by atoms with Crippen LogP contribution in [-0.4, -0.2) is 22.6 Å². The largest absolute Gasteiger partial charge is 0.444 e. The SMILES string of the molecule is C=CC[C@@H]1CCC[C@H](c2ccccc2)N1C(=O)OC(C)(C)C. The summed E-state index contributed by atoms with van der Waals surface area (Å²) < 4.78 is 5.66. The lowest BCUT2D eigenvalue weighted by Crippen LogP contribution is -2.47. The topological polar surface area (TPSA) is 29.5 Å². The molecule has 0 N–H and O–H groups in total. The zero-order valence-electron chi connectivity index (χ0n) is 13.9. The van der Waals surface area contributed by atoms with Gasteiger partial charge in [-0.1, -0.05) is 36.4 Å². The number of carbonyl (C=O) groups is 1. The Kier molecular flexibility index (Phi) is 5.28. The summed E-state index contributed by atoms with van der Waals surface area (Å²) in [6, 6.07) is 10.5. The van der Waals surface area contributed by atoms with Gasteiger partial charge in [-0.3, -0.25) is 4.90 Å². The zero-order chi connectivity index (χ0) is 16.2. The number of ether oxygens (including phenoxy) is 1. The number of carbonyl (C=O) groups excluding carboxylic acids is 1. The monoisotopic (exact) mass is 301 g/mol. The molecule has 1 aliphatic heterocycles. The van der Waals surface area contributed by atoms with E-state index in [1.807, 2.05) is 49.9 Å². The van der Waals surface area contributed by atoms with E-state index in [-0.39, 0.29) is 18.2 Å². The molecule has 0 saturated carbocycles. The second kappa shape index (κ2) is 6.99. The number of benzene rings is 1. The van der Waals surface area contributed by atoms with Gasteiger partial charge in [-0.05, 0) is 52.0 Å². The van der Waals surface area contributed by atoms with Gasteiger partial charge >= 0.3 is 6.09 Å². The molecule has 1 saturated heterocycles. The van der Waals surface area contributed by atoms with Crippen molar-refractivity contribution in [2.24, 2.45) is 0 Å². The second-order valence-electron chi connectivity index (χ2n) is 6.92. The molecular formula is C19H27NO2. The number of rotatable bonds is 3. The van der Waals surface area contributed by atoms with Gasteiger partial charge in [0.2, 0.25) is 0 Å². The lowest BCUT2D eigenvalue weighted by atomic mass is 9.90. The summed E-state index contributed by atoms with van der Waals surface area (Å²) in [5, 5.41) is 0. The molecule has 1 fully saturated rings. The molecular weight excluding hydrogens is 274 g/mol. The van der Waals surface area contributed by atoms with E-state index >= 15 is 0 Å². The van der Waals surface area contributed by atoms with Crippen LogP contribution in [0, 0.1) is 0 Å². The van der Waals surface area contributed by atoms with E-state index in [9.17, 15) is 4.79 Å². The van der Waals surface area contributed by atoms with E-state index in [0.29, 0.717) is 0 Å². The Balaban J connectivity index is 2.29. The van der Waals surface area contributed by atoms with Crippen LogP contribution in [0.2, 0.25) is 0 Å². The highest BCUT2D eigenvalue weighted by Crippen LogP contribution is 2.36. The van der Waals surface area contributed by atoms with E-state index in [0.717, 1.165) is 25.7 Å². The summed E-state index contributed by atoms with van der Waals surface area (Å²) in [5.41, 5.74) is 0.705. The minimum Gasteiger partial charge on any atom is -0.444 e. The number of amides is 1. The van der Waals surface area contributed by atoms with Gasteiger partial charge in [0.15, 0.2) is 0 Å². The molecule has 1 aromatic carbocycles. The first kappa shape index (κ1) is 16.6. The summed E-state index contributed by atoms with van der Waals surface area (Å²) >= 11 is 0. The van der Waals surface area contributed by atoms with Crippen LogP contribution >= 0.6 is 0 Å². The zero-order valence-corrected chi connectivity index (χ0v) is 13.9. The van der Waals surface area contributed by atoms with Crippen LogP contribution in [0.5, 0.6) is 0 Å². The first-order valence-corrected chi connectivity index (χ1v) is 8.09. The Hall–Kier alpha value is -1.77. The van der Waals surface area contributed by atoms with Gasteiger partial charge in [0.1, 0.15) is 5.60 Å². The number of nitrogens with zero attached hydrogens (tertiary/aromatic N) is 1. The number of piperidine rings is 1. The van der Waals surface area contributed by atoms with Crippen LogP contribution in [0.4, 0.5) is 4.79 Å². The van der Waals surface area contributed by atoms with Crippen molar-refractivity contribution in [3.63, 3.8) is 0 Å². The van der Waals surface area contributed by atoms with E-state index < -0.39 is 5.60 Å². The molecule has 0 unspecified atom stereocenters. The lowest BCUT2D eigenvalue weighted by molar-refractivity contribution is -0.00558. The molecule has 0 radical (unpaired) electrons. The minimum absolute atomic E-state index is 0.0924. The van der Waals surface area contributed by atoms with E-state index in [4.69, 9.17) is 4.74 Å². The summed E-state index contributed by atoms with van der Waals surface area (Å²) in [6.07, 6.45) is 5.61. The molecule has 1 amide bonds. The van der Waals surface area contributed by atoms with Crippen LogP contribution in [0.15, 0.2) is 43.0 Å². The number of likely N-dealkylation sites (tertiary alicyclic amines) is 1. The summed E-state index contributed by atoms with van der Waals surface area (Å²) in [5.74, 6) is 0. The molecule has 3 nitrogen and oxygen atoms in total. The van der Waals surface area contributed by atoms with Gasteiger partial charge < -0.3 is 4.74 Å². The first-order chi connectivity index (χ1) is 10.4. The van der Waals surface area contributed by atoms with Gasteiger partial charge in [-0.2, -0.15) is 0 Å². The molecule has 1 aliphatic rings. The third-order valence-electron chi connectivity index (χ3n) is 3.97. The molecule has 3 heteroatoms. The summed E-state index contributed by atoms with van der Waals surface area (Å²) in [4.78, 5) is 14.7. The van der Waals surface area contributed by atoms with Crippen molar-refractivity contribution in [2.75, 3.05) is 0 Å². The Bertz CT molecular complexity index is 504. The molecule has 1 aromatic rings. The van der Waals surface area contributed by atoms with Crippen LogP contribution in [0.25, 0.3) is 0 Å². The number of hydrogen-bond acceptors (Lipinski definition) is 2. The molecule has 0 aromatic heterocycles. The van der Waals surface area contributed by atoms with Crippen molar-refractivity contribution >= 4 is 6.09 Å². The van der Waals surface area contributed by atoms with Crippen LogP contribution in [0.1, 0.15) is 58.1 Å². The normalized spacial score (nSPS) is 22.2. The molecule has 120 valence electrons. The molecule has 2 atom stereocenters. The Morgan fingerprint density at radius 3 is 2.59 bits per heavy atom. The highest BCUT2D eigenvalue weighted by molar-refractivity contribution is 5.69. The maximum Gasteiger partial charge on any atom is 0.411 e. The first-order valence-electron chi connectivity index (χ1n) is 8.09. The standard InChI is InChI=1S/C19H27NO2/c1-5-10-16-13-9-14-17(15-11-7-6-8-12-15)20(16)18(21)22-19(2,3)4/h5-8,11-12,16-17H,1,9-10,13-14H2,2-4H3/t16-,17-/m1/s1.